The predicted molar refractivity (Wildman–Crippen MR) is 132 cm³/mol. The maximum atomic E-state index is 14.3. The molecule has 4 rings (SSSR count). The molecule has 0 radical (unpaired) electrons. The second-order valence-corrected chi connectivity index (χ2v) is 12.4. The van der Waals surface area contributed by atoms with E-state index in [1.165, 1.54) is 0 Å². The Kier molecular flexibility index (Phi) is 6.95. The van der Waals surface area contributed by atoms with Crippen molar-refractivity contribution in [3.05, 3.63) is 24.3 Å². The molecule has 7 nitrogen and oxygen atoms in total. The number of cyclic esters (lactones) is 1. The molecule has 4 aliphatic heterocycles. The van der Waals surface area contributed by atoms with Crippen LogP contribution in [0.2, 0.25) is 0 Å². The number of nitrogens with zero attached hydrogens (tertiary/aromatic N) is 2. The molecule has 1 unspecified atom stereocenters. The van der Waals surface area contributed by atoms with Gasteiger partial charge in [0.05, 0.1) is 35.8 Å². The molecule has 0 bridgehead atoms. The van der Waals surface area contributed by atoms with E-state index in [9.17, 15) is 19.5 Å². The minimum atomic E-state index is -0.902. The van der Waals surface area contributed by atoms with Crippen LogP contribution in [0.1, 0.15) is 53.9 Å². The van der Waals surface area contributed by atoms with Crippen molar-refractivity contribution in [3.8, 4) is 0 Å². The highest BCUT2D eigenvalue weighted by Crippen LogP contribution is 2.65. The topological polar surface area (TPSA) is 87.2 Å². The first-order chi connectivity index (χ1) is 16.1. The van der Waals surface area contributed by atoms with Gasteiger partial charge in [-0.3, -0.25) is 14.4 Å². The number of carbonyl (C=O) groups excluding carboxylic acids is 3. The van der Waals surface area contributed by atoms with Crippen molar-refractivity contribution in [3.63, 3.8) is 0 Å². The summed E-state index contributed by atoms with van der Waals surface area (Å²) in [5.41, 5.74) is 0. The van der Waals surface area contributed by atoms with Crippen LogP contribution < -0.4 is 0 Å². The molecule has 2 saturated heterocycles. The highest BCUT2D eigenvalue weighted by Gasteiger charge is 2.74. The number of fused-ring (bicyclic) bond motifs is 2. The van der Waals surface area contributed by atoms with Crippen LogP contribution >= 0.6 is 11.8 Å². The van der Waals surface area contributed by atoms with Crippen molar-refractivity contribution in [1.82, 2.24) is 9.80 Å². The highest BCUT2D eigenvalue weighted by atomic mass is 32.2. The van der Waals surface area contributed by atoms with Gasteiger partial charge < -0.3 is 19.6 Å². The van der Waals surface area contributed by atoms with Gasteiger partial charge in [0.25, 0.3) is 0 Å². The third kappa shape index (κ3) is 3.72. The van der Waals surface area contributed by atoms with Crippen LogP contribution in [0.25, 0.3) is 0 Å². The summed E-state index contributed by atoms with van der Waals surface area (Å²) in [6.45, 7) is 10.5. The van der Waals surface area contributed by atoms with E-state index in [0.29, 0.717) is 13.2 Å². The summed E-state index contributed by atoms with van der Waals surface area (Å²) in [5.74, 6) is -2.14. The van der Waals surface area contributed by atoms with Crippen LogP contribution in [0.3, 0.4) is 0 Å². The normalized spacial score (nSPS) is 38.3. The molecule has 34 heavy (non-hydrogen) atoms. The van der Waals surface area contributed by atoms with Gasteiger partial charge >= 0.3 is 5.97 Å². The van der Waals surface area contributed by atoms with Crippen molar-refractivity contribution >= 4 is 29.5 Å². The summed E-state index contributed by atoms with van der Waals surface area (Å²) in [6.07, 6.45) is 10.4. The Morgan fingerprint density at radius 3 is 2.53 bits per heavy atom. The number of thioether (sulfide) groups is 1. The maximum absolute atomic E-state index is 14.3. The number of likely N-dealkylation sites (tertiary alicyclic amines) is 1. The van der Waals surface area contributed by atoms with Crippen LogP contribution in [0.15, 0.2) is 24.3 Å². The third-order valence-corrected chi connectivity index (χ3v) is 9.98. The Labute approximate surface area is 206 Å². The fourth-order valence-electron chi connectivity index (χ4n) is 6.23. The minimum Gasteiger partial charge on any atom is -0.465 e. The van der Waals surface area contributed by atoms with E-state index in [-0.39, 0.29) is 36.4 Å². The average Bonchev–Trinajstić information content (AvgIpc) is 3.13. The predicted octanol–water partition coefficient (Wildman–Crippen LogP) is 2.78. The number of allylic oxidation sites excluding steroid dienone is 1. The van der Waals surface area contributed by atoms with Crippen molar-refractivity contribution in [2.75, 3.05) is 19.8 Å². The summed E-state index contributed by atoms with van der Waals surface area (Å²) in [6, 6.07) is -1.32. The molecule has 7 atom stereocenters. The quantitative estimate of drug-likeness (QED) is 0.471. The van der Waals surface area contributed by atoms with Crippen LogP contribution in [0.5, 0.6) is 0 Å². The van der Waals surface area contributed by atoms with Gasteiger partial charge in [-0.05, 0) is 39.5 Å². The van der Waals surface area contributed by atoms with E-state index < -0.39 is 33.4 Å². The lowest BCUT2D eigenvalue weighted by atomic mass is 9.74. The molecule has 0 aliphatic carbocycles. The largest absolute Gasteiger partial charge is 0.465 e. The van der Waals surface area contributed by atoms with Gasteiger partial charge in [-0.1, -0.05) is 44.6 Å². The van der Waals surface area contributed by atoms with E-state index in [0.717, 1.165) is 19.3 Å². The monoisotopic (exact) mass is 490 g/mol. The highest BCUT2D eigenvalue weighted by molar-refractivity contribution is 8.02. The van der Waals surface area contributed by atoms with Crippen LogP contribution in [-0.2, 0) is 19.1 Å². The molecular weight excluding hydrogens is 452 g/mol. The summed E-state index contributed by atoms with van der Waals surface area (Å²) in [4.78, 5) is 45.3. The Morgan fingerprint density at radius 1 is 1.15 bits per heavy atom. The van der Waals surface area contributed by atoms with Gasteiger partial charge in [-0.25, -0.2) is 0 Å². The smallest absolute Gasteiger partial charge is 0.311 e. The summed E-state index contributed by atoms with van der Waals surface area (Å²) in [7, 11) is 0. The zero-order valence-corrected chi connectivity index (χ0v) is 21.7. The van der Waals surface area contributed by atoms with Crippen LogP contribution in [0.4, 0.5) is 0 Å². The maximum Gasteiger partial charge on any atom is 0.311 e. The second-order valence-electron chi connectivity index (χ2n) is 10.6. The molecule has 4 heterocycles. The van der Waals surface area contributed by atoms with Crippen molar-refractivity contribution in [2.24, 2.45) is 17.8 Å². The molecule has 2 amide bonds. The van der Waals surface area contributed by atoms with Gasteiger partial charge in [0.15, 0.2) is 0 Å². The lowest BCUT2D eigenvalue weighted by molar-refractivity contribution is -0.155. The molecule has 188 valence electrons. The number of amides is 2. The summed E-state index contributed by atoms with van der Waals surface area (Å²) < 4.78 is 4.08. The van der Waals surface area contributed by atoms with Gasteiger partial charge in [0, 0.05) is 17.3 Å². The van der Waals surface area contributed by atoms with Gasteiger partial charge in [-0.15, -0.1) is 11.8 Å². The standard InChI is InChI=1S/C26H38N2O5S/c1-6-17(4)18(15-29)28-21-23(31)27(16(2)3)13-10-12-26(21)19(22(28)30)20-24(32)33-14-9-7-8-11-25(20,5)34-26/h8,10-12,16-21,29H,6-7,9,13-15H2,1-5H3/b11-8-/t17-,18-,19-,20-,21?,25+,26-/m0/s1. The van der Waals surface area contributed by atoms with Crippen molar-refractivity contribution in [2.45, 2.75) is 81.5 Å². The minimum absolute atomic E-state index is 0.00104. The molecule has 0 aromatic rings. The number of rotatable bonds is 5. The van der Waals surface area contributed by atoms with Crippen LogP contribution in [0, 0.1) is 17.8 Å². The van der Waals surface area contributed by atoms with E-state index in [2.05, 4.69) is 12.2 Å². The molecule has 0 aromatic carbocycles. The number of aliphatic hydroxyl groups excluding tert-OH is 1. The fourth-order valence-corrected chi connectivity index (χ4v) is 8.37. The fraction of sp³-hybridized carbons (Fsp3) is 0.731. The number of hydrogen-bond donors (Lipinski definition) is 1. The van der Waals surface area contributed by atoms with Gasteiger partial charge in [0.2, 0.25) is 11.8 Å². The number of ether oxygens (including phenoxy) is 1. The first-order valence-electron chi connectivity index (χ1n) is 12.6. The molecule has 2 fully saturated rings. The van der Waals surface area contributed by atoms with E-state index in [1.807, 2.05) is 46.8 Å². The Balaban J connectivity index is 1.92. The Hall–Kier alpha value is -1.80. The summed E-state index contributed by atoms with van der Waals surface area (Å²) in [5, 5.41) is 10.4. The lowest BCUT2D eigenvalue weighted by Crippen LogP contribution is -2.58. The van der Waals surface area contributed by atoms with Gasteiger partial charge in [-0.2, -0.15) is 0 Å². The zero-order chi connectivity index (χ0) is 24.8. The third-order valence-electron chi connectivity index (χ3n) is 8.19. The second kappa shape index (κ2) is 9.34. The SMILES string of the molecule is CC[C@H](C)[C@H](CO)N1C(=O)[C@@H]2[C@H]3C(=O)OCCC/C=C\[C@@]3(C)S[C@@]23C=CCN(C(C)C)C(=O)C13. The average molecular weight is 491 g/mol. The Morgan fingerprint density at radius 2 is 1.88 bits per heavy atom. The molecule has 0 aromatic heterocycles. The van der Waals surface area contributed by atoms with E-state index >= 15 is 0 Å². The van der Waals surface area contributed by atoms with Crippen molar-refractivity contribution < 1.29 is 24.2 Å². The number of aliphatic hydroxyl groups is 1. The first-order valence-corrected chi connectivity index (χ1v) is 13.4. The van der Waals surface area contributed by atoms with Gasteiger partial charge in [0.1, 0.15) is 6.04 Å². The molecule has 4 aliphatic rings. The van der Waals surface area contributed by atoms with E-state index in [1.54, 1.807) is 21.6 Å². The number of esters is 1. The van der Waals surface area contributed by atoms with E-state index in [4.69, 9.17) is 4.74 Å². The van der Waals surface area contributed by atoms with Crippen molar-refractivity contribution in [1.29, 1.82) is 0 Å². The summed E-state index contributed by atoms with van der Waals surface area (Å²) >= 11 is 1.55. The molecule has 8 heteroatoms. The number of hydrogen-bond acceptors (Lipinski definition) is 6. The lowest BCUT2D eigenvalue weighted by Gasteiger charge is -2.42. The Bertz CT molecular complexity index is 904. The molecular formula is C26H38N2O5S. The molecule has 0 saturated carbocycles. The molecule has 1 N–H and O–H groups in total. The number of carbonyl (C=O) groups is 3. The zero-order valence-electron chi connectivity index (χ0n) is 20.9. The first kappa shape index (κ1) is 25.3. The molecule has 1 spiro atoms. The van der Waals surface area contributed by atoms with Crippen LogP contribution in [-0.4, -0.2) is 80.1 Å².